The van der Waals surface area contributed by atoms with Crippen molar-refractivity contribution < 1.29 is 0 Å². The van der Waals surface area contributed by atoms with E-state index in [9.17, 15) is 0 Å². The Morgan fingerprint density at radius 3 is 2.60 bits per heavy atom. The summed E-state index contributed by atoms with van der Waals surface area (Å²) in [6.07, 6.45) is 2.48. The molecule has 2 heteroatoms. The van der Waals surface area contributed by atoms with E-state index in [1.807, 2.05) is 42.5 Å². The highest BCUT2D eigenvalue weighted by atomic mass is 14.7. The molecule has 0 aliphatic carbocycles. The van der Waals surface area contributed by atoms with Gasteiger partial charge in [0.05, 0.1) is 11.6 Å². The molecule has 0 aliphatic heterocycles. The monoisotopic (exact) mass is 194 g/mol. The van der Waals surface area contributed by atoms with Crippen LogP contribution in [0, 0.1) is 11.3 Å². The van der Waals surface area contributed by atoms with E-state index in [1.54, 1.807) is 6.20 Å². The van der Waals surface area contributed by atoms with Crippen molar-refractivity contribution in [2.45, 2.75) is 6.42 Å². The van der Waals surface area contributed by atoms with Gasteiger partial charge in [0.15, 0.2) is 0 Å². The molecule has 0 saturated heterocycles. The molecule has 15 heavy (non-hydrogen) atoms. The fourth-order valence-corrected chi connectivity index (χ4v) is 1.48. The van der Waals surface area contributed by atoms with Gasteiger partial charge in [-0.1, -0.05) is 24.3 Å². The highest BCUT2D eigenvalue weighted by Gasteiger charge is 2.01. The lowest BCUT2D eigenvalue weighted by molar-refractivity contribution is 1.07. The standard InChI is InChI=1S/C13H10N2/c14-10-12-6-2-1-5-11(12)9-13-7-3-4-8-15-13/h1-8H,9H2. The van der Waals surface area contributed by atoms with Crippen LogP contribution >= 0.6 is 0 Å². The number of pyridine rings is 1. The molecule has 1 aromatic heterocycles. The fourth-order valence-electron chi connectivity index (χ4n) is 1.48. The normalized spacial score (nSPS) is 9.53. The summed E-state index contributed by atoms with van der Waals surface area (Å²) in [6.45, 7) is 0. The second kappa shape index (κ2) is 4.39. The third kappa shape index (κ3) is 2.21. The van der Waals surface area contributed by atoms with Crippen LogP contribution in [0.1, 0.15) is 16.8 Å². The molecule has 1 aromatic carbocycles. The van der Waals surface area contributed by atoms with Crippen LogP contribution in [0.3, 0.4) is 0 Å². The van der Waals surface area contributed by atoms with E-state index < -0.39 is 0 Å². The van der Waals surface area contributed by atoms with Gasteiger partial charge < -0.3 is 0 Å². The van der Waals surface area contributed by atoms with Crippen LogP contribution < -0.4 is 0 Å². The Kier molecular flexibility index (Phi) is 2.75. The highest BCUT2D eigenvalue weighted by Crippen LogP contribution is 2.11. The topological polar surface area (TPSA) is 36.7 Å². The molecule has 0 unspecified atom stereocenters. The minimum absolute atomic E-state index is 0.713. The predicted molar refractivity (Wildman–Crippen MR) is 58.2 cm³/mol. The number of rotatable bonds is 2. The van der Waals surface area contributed by atoms with Gasteiger partial charge in [0, 0.05) is 18.3 Å². The maximum atomic E-state index is 8.93. The third-order valence-electron chi connectivity index (χ3n) is 2.24. The zero-order valence-electron chi connectivity index (χ0n) is 8.22. The second-order valence-electron chi connectivity index (χ2n) is 3.27. The van der Waals surface area contributed by atoms with Crippen LogP contribution in [0.2, 0.25) is 0 Å². The summed E-state index contributed by atoms with van der Waals surface area (Å²) in [4.78, 5) is 4.24. The van der Waals surface area contributed by atoms with Crippen molar-refractivity contribution in [3.8, 4) is 6.07 Å². The number of hydrogen-bond acceptors (Lipinski definition) is 2. The highest BCUT2D eigenvalue weighted by molar-refractivity contribution is 5.39. The Bertz CT molecular complexity index is 483. The van der Waals surface area contributed by atoms with Crippen molar-refractivity contribution >= 4 is 0 Å². The van der Waals surface area contributed by atoms with E-state index in [4.69, 9.17) is 5.26 Å². The summed E-state index contributed by atoms with van der Waals surface area (Å²) in [5.41, 5.74) is 2.74. The molecule has 72 valence electrons. The summed E-state index contributed by atoms with van der Waals surface area (Å²) in [5, 5.41) is 8.93. The Morgan fingerprint density at radius 2 is 1.87 bits per heavy atom. The number of nitriles is 1. The van der Waals surface area contributed by atoms with E-state index in [0.29, 0.717) is 6.42 Å². The molecular formula is C13H10N2. The van der Waals surface area contributed by atoms with Crippen molar-refractivity contribution in [1.29, 1.82) is 5.26 Å². The number of benzene rings is 1. The molecule has 0 fully saturated rings. The maximum absolute atomic E-state index is 8.93. The smallest absolute Gasteiger partial charge is 0.0994 e. The molecule has 1 heterocycles. The molecule has 0 radical (unpaired) electrons. The van der Waals surface area contributed by atoms with Gasteiger partial charge in [0.25, 0.3) is 0 Å². The minimum atomic E-state index is 0.713. The summed E-state index contributed by atoms with van der Waals surface area (Å²) in [5.74, 6) is 0. The lowest BCUT2D eigenvalue weighted by Crippen LogP contribution is -1.93. The Hall–Kier alpha value is -2.14. The maximum Gasteiger partial charge on any atom is 0.0994 e. The van der Waals surface area contributed by atoms with Crippen molar-refractivity contribution in [3.05, 3.63) is 65.5 Å². The fraction of sp³-hybridized carbons (Fsp3) is 0.0769. The van der Waals surface area contributed by atoms with Gasteiger partial charge in [-0.2, -0.15) is 5.26 Å². The molecule has 2 nitrogen and oxygen atoms in total. The predicted octanol–water partition coefficient (Wildman–Crippen LogP) is 2.54. The summed E-state index contributed by atoms with van der Waals surface area (Å²) in [7, 11) is 0. The molecule has 0 aliphatic rings. The Morgan fingerprint density at radius 1 is 1.07 bits per heavy atom. The molecule has 2 rings (SSSR count). The molecule has 0 saturated carbocycles. The van der Waals surface area contributed by atoms with E-state index in [0.717, 1.165) is 16.8 Å². The minimum Gasteiger partial charge on any atom is -0.261 e. The number of nitrogens with zero attached hydrogens (tertiary/aromatic N) is 2. The van der Waals surface area contributed by atoms with Crippen LogP contribution in [0.4, 0.5) is 0 Å². The van der Waals surface area contributed by atoms with Gasteiger partial charge in [-0.15, -0.1) is 0 Å². The molecular weight excluding hydrogens is 184 g/mol. The lowest BCUT2D eigenvalue weighted by atomic mass is 10.0. The molecule has 0 bridgehead atoms. The van der Waals surface area contributed by atoms with Crippen LogP contribution in [0.15, 0.2) is 48.7 Å². The summed E-state index contributed by atoms with van der Waals surface area (Å²) in [6, 6.07) is 15.6. The summed E-state index contributed by atoms with van der Waals surface area (Å²) < 4.78 is 0. The molecule has 0 spiro atoms. The van der Waals surface area contributed by atoms with Gasteiger partial charge in [-0.25, -0.2) is 0 Å². The summed E-state index contributed by atoms with van der Waals surface area (Å²) >= 11 is 0. The van der Waals surface area contributed by atoms with Crippen LogP contribution in [0.25, 0.3) is 0 Å². The van der Waals surface area contributed by atoms with E-state index in [-0.39, 0.29) is 0 Å². The third-order valence-corrected chi connectivity index (χ3v) is 2.24. The van der Waals surface area contributed by atoms with Crippen molar-refractivity contribution in [3.63, 3.8) is 0 Å². The SMILES string of the molecule is N#Cc1ccccc1Cc1ccccn1. The van der Waals surface area contributed by atoms with E-state index in [1.165, 1.54) is 0 Å². The van der Waals surface area contributed by atoms with Crippen LogP contribution in [0.5, 0.6) is 0 Å². The van der Waals surface area contributed by atoms with Crippen LogP contribution in [-0.2, 0) is 6.42 Å². The molecule has 2 aromatic rings. The van der Waals surface area contributed by atoms with Crippen molar-refractivity contribution in [2.24, 2.45) is 0 Å². The van der Waals surface area contributed by atoms with Gasteiger partial charge in [-0.3, -0.25) is 4.98 Å². The molecule has 0 N–H and O–H groups in total. The zero-order valence-corrected chi connectivity index (χ0v) is 8.22. The lowest BCUT2D eigenvalue weighted by Gasteiger charge is -2.02. The van der Waals surface area contributed by atoms with Crippen molar-refractivity contribution in [2.75, 3.05) is 0 Å². The van der Waals surface area contributed by atoms with Crippen LogP contribution in [-0.4, -0.2) is 4.98 Å². The second-order valence-corrected chi connectivity index (χ2v) is 3.27. The van der Waals surface area contributed by atoms with E-state index in [2.05, 4.69) is 11.1 Å². The molecule has 0 atom stereocenters. The van der Waals surface area contributed by atoms with Gasteiger partial charge in [0.1, 0.15) is 0 Å². The quantitative estimate of drug-likeness (QED) is 0.736. The van der Waals surface area contributed by atoms with Gasteiger partial charge in [0.2, 0.25) is 0 Å². The Balaban J connectivity index is 2.29. The largest absolute Gasteiger partial charge is 0.261 e. The first kappa shape index (κ1) is 9.42. The first-order chi connectivity index (χ1) is 7.40. The van der Waals surface area contributed by atoms with Gasteiger partial charge in [-0.05, 0) is 23.8 Å². The average molecular weight is 194 g/mol. The Labute approximate surface area is 88.8 Å². The number of hydrogen-bond donors (Lipinski definition) is 0. The average Bonchev–Trinajstić information content (AvgIpc) is 2.31. The number of aromatic nitrogens is 1. The van der Waals surface area contributed by atoms with Crippen molar-refractivity contribution in [1.82, 2.24) is 4.98 Å². The zero-order chi connectivity index (χ0) is 10.5. The molecule has 0 amide bonds. The van der Waals surface area contributed by atoms with E-state index >= 15 is 0 Å². The first-order valence-electron chi connectivity index (χ1n) is 4.78. The van der Waals surface area contributed by atoms with Gasteiger partial charge >= 0.3 is 0 Å². The first-order valence-corrected chi connectivity index (χ1v) is 4.78.